The molecule has 2 rings (SSSR count). The lowest BCUT2D eigenvalue weighted by Gasteiger charge is -2.19. The Balaban J connectivity index is 2.13. The summed E-state index contributed by atoms with van der Waals surface area (Å²) < 4.78 is 10.0. The summed E-state index contributed by atoms with van der Waals surface area (Å²) >= 11 is 0. The molecule has 1 aliphatic heterocycles. The maximum atomic E-state index is 12.2. The SMILES string of the molecule is COCC1(C)NC(=O)N(Cc2nc(C(C)C)no2)C1=O. The second kappa shape index (κ2) is 5.20. The van der Waals surface area contributed by atoms with E-state index in [9.17, 15) is 9.59 Å². The van der Waals surface area contributed by atoms with Gasteiger partial charge >= 0.3 is 6.03 Å². The topological polar surface area (TPSA) is 97.6 Å². The Bertz CT molecular complexity index is 527. The Kier molecular flexibility index (Phi) is 3.76. The lowest BCUT2D eigenvalue weighted by molar-refractivity contribution is -0.133. The number of ether oxygens (including phenoxy) is 1. The summed E-state index contributed by atoms with van der Waals surface area (Å²) in [6.45, 7) is 5.54. The molecule has 8 nitrogen and oxygen atoms in total. The van der Waals surface area contributed by atoms with E-state index in [1.165, 1.54) is 7.11 Å². The largest absolute Gasteiger partial charge is 0.382 e. The number of methoxy groups -OCH3 is 1. The van der Waals surface area contributed by atoms with Gasteiger partial charge in [0, 0.05) is 13.0 Å². The van der Waals surface area contributed by atoms with Crippen molar-refractivity contribution in [3.63, 3.8) is 0 Å². The monoisotopic (exact) mass is 282 g/mol. The van der Waals surface area contributed by atoms with Gasteiger partial charge in [0.05, 0.1) is 6.61 Å². The highest BCUT2D eigenvalue weighted by Gasteiger charge is 2.48. The van der Waals surface area contributed by atoms with Crippen LogP contribution in [-0.2, 0) is 16.1 Å². The van der Waals surface area contributed by atoms with E-state index in [1.807, 2.05) is 13.8 Å². The number of nitrogens with zero attached hydrogens (tertiary/aromatic N) is 3. The number of nitrogens with one attached hydrogen (secondary N) is 1. The Morgan fingerprint density at radius 2 is 2.15 bits per heavy atom. The van der Waals surface area contributed by atoms with Gasteiger partial charge < -0.3 is 14.6 Å². The molecule has 1 fully saturated rings. The Labute approximate surface area is 116 Å². The average Bonchev–Trinajstić information content (AvgIpc) is 2.90. The van der Waals surface area contributed by atoms with E-state index < -0.39 is 11.6 Å². The fraction of sp³-hybridized carbons (Fsp3) is 0.667. The maximum absolute atomic E-state index is 12.2. The quantitative estimate of drug-likeness (QED) is 0.796. The maximum Gasteiger partial charge on any atom is 0.325 e. The van der Waals surface area contributed by atoms with Crippen LogP contribution in [0.4, 0.5) is 4.79 Å². The van der Waals surface area contributed by atoms with Crippen LogP contribution in [0.15, 0.2) is 4.52 Å². The third kappa shape index (κ3) is 2.51. The molecular formula is C12H18N4O4. The molecule has 0 saturated carbocycles. The summed E-state index contributed by atoms with van der Waals surface area (Å²) in [5, 5.41) is 6.40. The summed E-state index contributed by atoms with van der Waals surface area (Å²) in [6.07, 6.45) is 0. The fourth-order valence-electron chi connectivity index (χ4n) is 1.98. The van der Waals surface area contributed by atoms with E-state index in [-0.39, 0.29) is 30.9 Å². The zero-order chi connectivity index (χ0) is 14.9. The van der Waals surface area contributed by atoms with Crippen LogP contribution in [-0.4, -0.2) is 46.2 Å². The Hall–Kier alpha value is -1.96. The number of hydrogen-bond donors (Lipinski definition) is 1. The molecule has 20 heavy (non-hydrogen) atoms. The third-order valence-corrected chi connectivity index (χ3v) is 3.07. The highest BCUT2D eigenvalue weighted by Crippen LogP contribution is 2.20. The number of urea groups is 1. The van der Waals surface area contributed by atoms with Crippen LogP contribution in [0.5, 0.6) is 0 Å². The van der Waals surface area contributed by atoms with Gasteiger partial charge in [-0.1, -0.05) is 19.0 Å². The number of carbonyl (C=O) groups is 2. The lowest BCUT2D eigenvalue weighted by Crippen LogP contribution is -2.47. The fourth-order valence-corrected chi connectivity index (χ4v) is 1.98. The first-order valence-electron chi connectivity index (χ1n) is 6.33. The number of hydrogen-bond acceptors (Lipinski definition) is 6. The van der Waals surface area contributed by atoms with Crippen LogP contribution in [0.25, 0.3) is 0 Å². The minimum atomic E-state index is -1.05. The minimum absolute atomic E-state index is 0.0380. The molecule has 1 aliphatic rings. The van der Waals surface area contributed by atoms with Gasteiger partial charge in [-0.05, 0) is 6.92 Å². The number of amides is 3. The van der Waals surface area contributed by atoms with Crippen molar-refractivity contribution in [2.24, 2.45) is 0 Å². The summed E-state index contributed by atoms with van der Waals surface area (Å²) in [4.78, 5) is 29.3. The van der Waals surface area contributed by atoms with E-state index in [1.54, 1.807) is 6.92 Å². The van der Waals surface area contributed by atoms with Gasteiger partial charge in [-0.2, -0.15) is 4.98 Å². The molecule has 1 N–H and O–H groups in total. The van der Waals surface area contributed by atoms with Crippen molar-refractivity contribution in [1.82, 2.24) is 20.4 Å². The normalized spacial score (nSPS) is 22.8. The molecule has 8 heteroatoms. The van der Waals surface area contributed by atoms with Crippen LogP contribution in [0.2, 0.25) is 0 Å². The molecule has 1 aromatic heterocycles. The number of rotatable bonds is 5. The molecule has 2 heterocycles. The molecule has 0 radical (unpaired) electrons. The number of imide groups is 1. The molecule has 1 saturated heterocycles. The lowest BCUT2D eigenvalue weighted by atomic mass is 10.0. The predicted molar refractivity (Wildman–Crippen MR) is 67.7 cm³/mol. The van der Waals surface area contributed by atoms with Gasteiger partial charge in [0.2, 0.25) is 5.89 Å². The predicted octanol–water partition coefficient (Wildman–Crippen LogP) is 0.650. The van der Waals surface area contributed by atoms with Gasteiger partial charge in [-0.3, -0.25) is 9.69 Å². The van der Waals surface area contributed by atoms with Gasteiger partial charge in [0.1, 0.15) is 12.1 Å². The molecule has 0 aliphatic carbocycles. The van der Waals surface area contributed by atoms with E-state index in [0.717, 1.165) is 4.90 Å². The van der Waals surface area contributed by atoms with Crippen LogP contribution in [0.1, 0.15) is 38.4 Å². The number of aromatic nitrogens is 2. The second-order valence-corrected chi connectivity index (χ2v) is 5.29. The van der Waals surface area contributed by atoms with Gasteiger partial charge in [-0.15, -0.1) is 0 Å². The summed E-state index contributed by atoms with van der Waals surface area (Å²) in [6, 6.07) is -0.487. The van der Waals surface area contributed by atoms with Gasteiger partial charge in [-0.25, -0.2) is 4.79 Å². The molecule has 110 valence electrons. The zero-order valence-corrected chi connectivity index (χ0v) is 12.0. The molecule has 0 aromatic carbocycles. The van der Waals surface area contributed by atoms with Crippen LogP contribution in [0.3, 0.4) is 0 Å². The highest BCUT2D eigenvalue weighted by atomic mass is 16.5. The van der Waals surface area contributed by atoms with Crippen molar-refractivity contribution < 1.29 is 18.8 Å². The Morgan fingerprint density at radius 3 is 2.70 bits per heavy atom. The molecule has 3 amide bonds. The molecular weight excluding hydrogens is 264 g/mol. The molecule has 1 unspecified atom stereocenters. The van der Waals surface area contributed by atoms with Crippen LogP contribution < -0.4 is 5.32 Å². The Morgan fingerprint density at radius 1 is 1.45 bits per heavy atom. The smallest absolute Gasteiger partial charge is 0.325 e. The first-order valence-corrected chi connectivity index (χ1v) is 6.33. The summed E-state index contributed by atoms with van der Waals surface area (Å²) in [7, 11) is 1.47. The highest BCUT2D eigenvalue weighted by molar-refractivity contribution is 6.06. The molecule has 0 spiro atoms. The van der Waals surface area contributed by atoms with Gasteiger partial charge in [0.15, 0.2) is 5.82 Å². The third-order valence-electron chi connectivity index (χ3n) is 3.07. The van der Waals surface area contributed by atoms with Crippen LogP contribution >= 0.6 is 0 Å². The van der Waals surface area contributed by atoms with Crippen molar-refractivity contribution in [3.05, 3.63) is 11.7 Å². The number of carbonyl (C=O) groups excluding carboxylic acids is 2. The van der Waals surface area contributed by atoms with Crippen molar-refractivity contribution in [1.29, 1.82) is 0 Å². The summed E-state index contributed by atoms with van der Waals surface area (Å²) in [5.41, 5.74) is -1.05. The van der Waals surface area contributed by atoms with E-state index in [2.05, 4.69) is 15.5 Å². The molecule has 1 atom stereocenters. The first-order chi connectivity index (χ1) is 9.37. The van der Waals surface area contributed by atoms with Crippen molar-refractivity contribution in [2.45, 2.75) is 38.8 Å². The van der Waals surface area contributed by atoms with Crippen molar-refractivity contribution in [3.8, 4) is 0 Å². The minimum Gasteiger partial charge on any atom is -0.382 e. The average molecular weight is 282 g/mol. The van der Waals surface area contributed by atoms with Crippen molar-refractivity contribution in [2.75, 3.05) is 13.7 Å². The van der Waals surface area contributed by atoms with E-state index in [0.29, 0.717) is 5.82 Å². The standard InChI is InChI=1S/C12H18N4O4/c1-7(2)9-13-8(20-15-9)5-16-10(17)12(3,6-19-4)14-11(16)18/h7H,5-6H2,1-4H3,(H,14,18). The van der Waals surface area contributed by atoms with E-state index >= 15 is 0 Å². The second-order valence-electron chi connectivity index (χ2n) is 5.29. The first kappa shape index (κ1) is 14.4. The van der Waals surface area contributed by atoms with E-state index in [4.69, 9.17) is 9.26 Å². The summed E-state index contributed by atoms with van der Waals surface area (Å²) in [5.74, 6) is 0.536. The van der Waals surface area contributed by atoms with Crippen LogP contribution in [0, 0.1) is 0 Å². The molecule has 0 bridgehead atoms. The van der Waals surface area contributed by atoms with Gasteiger partial charge in [0.25, 0.3) is 5.91 Å². The molecule has 1 aromatic rings. The zero-order valence-electron chi connectivity index (χ0n) is 12.0. The van der Waals surface area contributed by atoms with Crippen molar-refractivity contribution >= 4 is 11.9 Å².